The van der Waals surface area contributed by atoms with Crippen LogP contribution >= 0.6 is 23.2 Å². The Morgan fingerprint density at radius 3 is 2.58 bits per heavy atom. The van der Waals surface area contributed by atoms with Crippen LogP contribution in [0.5, 0.6) is 0 Å². The monoisotopic (exact) mass is 363 g/mol. The first-order valence-corrected chi connectivity index (χ1v) is 7.91. The molecule has 0 spiro atoms. The van der Waals surface area contributed by atoms with Gasteiger partial charge in [-0.2, -0.15) is 10.2 Å². The molecule has 0 fully saturated rings. The molecule has 0 radical (unpaired) electrons. The summed E-state index contributed by atoms with van der Waals surface area (Å²) in [6.45, 7) is 2.38. The highest BCUT2D eigenvalue weighted by Crippen LogP contribution is 2.20. The predicted octanol–water partition coefficient (Wildman–Crippen LogP) is 2.99. The fourth-order valence-electron chi connectivity index (χ4n) is 2.05. The molecule has 0 aliphatic carbocycles. The van der Waals surface area contributed by atoms with Gasteiger partial charge in [0.05, 0.1) is 22.9 Å². The van der Waals surface area contributed by atoms with E-state index < -0.39 is 0 Å². The summed E-state index contributed by atoms with van der Waals surface area (Å²) >= 11 is 11.7. The van der Waals surface area contributed by atoms with Gasteiger partial charge in [0, 0.05) is 25.9 Å². The van der Waals surface area contributed by atoms with Crippen LogP contribution in [0.3, 0.4) is 0 Å². The van der Waals surface area contributed by atoms with Crippen LogP contribution in [0.25, 0.3) is 0 Å². The Morgan fingerprint density at radius 2 is 2.00 bits per heavy atom. The molecule has 1 unspecified atom stereocenters. The lowest BCUT2D eigenvalue weighted by atomic mass is 9.98. The lowest BCUT2D eigenvalue weighted by molar-refractivity contribution is -0.119. The van der Waals surface area contributed by atoms with Crippen molar-refractivity contribution >= 4 is 35.1 Å². The molecule has 2 N–H and O–H groups in total. The number of nitrogens with zero attached hydrogens (tertiary/aromatic N) is 3. The molecule has 0 saturated carbocycles. The average Bonchev–Trinajstić information content (AvgIpc) is 2.58. The quantitative estimate of drug-likeness (QED) is 0.769. The maximum Gasteiger partial charge on any atom is 0.224 e. The number of hydrogen-bond acceptors (Lipinski definition) is 5. The lowest BCUT2D eigenvalue weighted by Gasteiger charge is -2.18. The summed E-state index contributed by atoms with van der Waals surface area (Å²) in [6.07, 6.45) is 1.42. The fraction of sp³-hybridized carbons (Fsp3) is 0.250. The van der Waals surface area contributed by atoms with E-state index in [4.69, 9.17) is 28.5 Å². The highest BCUT2D eigenvalue weighted by molar-refractivity contribution is 6.41. The van der Waals surface area contributed by atoms with Crippen LogP contribution in [-0.2, 0) is 4.79 Å². The van der Waals surface area contributed by atoms with Gasteiger partial charge in [0.25, 0.3) is 0 Å². The van der Waals surface area contributed by atoms with Crippen LogP contribution < -0.4 is 10.6 Å². The Morgan fingerprint density at radius 1 is 1.29 bits per heavy atom. The summed E-state index contributed by atoms with van der Waals surface area (Å²) in [5.74, 6) is 0.213. The molecule has 1 heterocycles. The second-order valence-electron chi connectivity index (χ2n) is 5.08. The number of rotatable bonds is 6. The topological polar surface area (TPSA) is 90.7 Å². The third-order valence-electron chi connectivity index (χ3n) is 3.32. The summed E-state index contributed by atoms with van der Waals surface area (Å²) < 4.78 is 0. The summed E-state index contributed by atoms with van der Waals surface area (Å²) in [6, 6.07) is 9.29. The number of benzene rings is 1. The van der Waals surface area contributed by atoms with Gasteiger partial charge in [-0.05, 0) is 17.7 Å². The van der Waals surface area contributed by atoms with Gasteiger partial charge in [-0.1, -0.05) is 35.3 Å². The number of amides is 1. The predicted molar refractivity (Wildman–Crippen MR) is 93.1 cm³/mol. The summed E-state index contributed by atoms with van der Waals surface area (Å²) in [7, 11) is 0. The molecule has 24 heavy (non-hydrogen) atoms. The number of aromatic nitrogens is 2. The molecule has 1 aromatic heterocycles. The van der Waals surface area contributed by atoms with Crippen LogP contribution in [0.2, 0.25) is 10.2 Å². The van der Waals surface area contributed by atoms with Gasteiger partial charge < -0.3 is 10.6 Å². The molecule has 6 nitrogen and oxygen atoms in total. The van der Waals surface area contributed by atoms with Crippen molar-refractivity contribution < 1.29 is 4.79 Å². The Hall–Kier alpha value is -2.36. The summed E-state index contributed by atoms with van der Waals surface area (Å²) in [4.78, 5) is 19.3. The minimum atomic E-state index is -0.112. The van der Waals surface area contributed by atoms with Crippen LogP contribution in [0.15, 0.2) is 30.5 Å². The van der Waals surface area contributed by atoms with E-state index in [0.717, 1.165) is 5.56 Å². The number of halogens is 2. The van der Waals surface area contributed by atoms with Crippen molar-refractivity contribution in [2.45, 2.75) is 12.8 Å². The summed E-state index contributed by atoms with van der Waals surface area (Å²) in [5, 5.41) is 15.2. The SMILES string of the molecule is CC(=O)NCC(CNc1ncc(Cl)c(Cl)n1)c1ccc(C#N)cc1. The molecule has 124 valence electrons. The third kappa shape index (κ3) is 5.08. The third-order valence-corrected chi connectivity index (χ3v) is 3.98. The smallest absolute Gasteiger partial charge is 0.224 e. The molecular weight excluding hydrogens is 349 g/mol. The van der Waals surface area contributed by atoms with Crippen molar-refractivity contribution in [3.05, 3.63) is 51.8 Å². The zero-order valence-electron chi connectivity index (χ0n) is 12.9. The minimum Gasteiger partial charge on any atom is -0.356 e. The molecule has 0 aliphatic rings. The number of hydrogen-bond donors (Lipinski definition) is 2. The van der Waals surface area contributed by atoms with Crippen molar-refractivity contribution in [2.75, 3.05) is 18.4 Å². The van der Waals surface area contributed by atoms with E-state index in [-0.39, 0.29) is 22.0 Å². The van der Waals surface area contributed by atoms with Gasteiger partial charge >= 0.3 is 0 Å². The van der Waals surface area contributed by atoms with Crippen LogP contribution in [0.4, 0.5) is 5.95 Å². The number of anilines is 1. The molecule has 8 heteroatoms. The maximum absolute atomic E-state index is 11.2. The van der Waals surface area contributed by atoms with E-state index in [2.05, 4.69) is 26.7 Å². The van der Waals surface area contributed by atoms with Gasteiger partial charge in [0.2, 0.25) is 11.9 Å². The maximum atomic E-state index is 11.2. The zero-order valence-corrected chi connectivity index (χ0v) is 14.4. The first kappa shape index (κ1) is 18.0. The van der Waals surface area contributed by atoms with Gasteiger partial charge in [-0.15, -0.1) is 0 Å². The summed E-state index contributed by atoms with van der Waals surface area (Å²) in [5.41, 5.74) is 1.56. The van der Waals surface area contributed by atoms with Crippen LogP contribution in [0, 0.1) is 11.3 Å². The van der Waals surface area contributed by atoms with Crippen LogP contribution in [0.1, 0.15) is 24.0 Å². The standard InChI is InChI=1S/C16H15Cl2N5O/c1-10(24)20-7-13(12-4-2-11(6-19)3-5-12)8-21-16-22-9-14(17)15(18)23-16/h2-5,9,13H,7-8H2,1H3,(H,20,24)(H,21,22,23). The van der Waals surface area contributed by atoms with Crippen molar-refractivity contribution in [1.29, 1.82) is 5.26 Å². The first-order chi connectivity index (χ1) is 11.5. The Bertz CT molecular complexity index is 758. The Balaban J connectivity index is 2.11. The number of carbonyl (C=O) groups excluding carboxylic acids is 1. The van der Waals surface area contributed by atoms with Crippen molar-refractivity contribution in [3.8, 4) is 6.07 Å². The second-order valence-corrected chi connectivity index (χ2v) is 5.85. The van der Waals surface area contributed by atoms with Crippen molar-refractivity contribution in [2.24, 2.45) is 0 Å². The molecule has 0 bridgehead atoms. The van der Waals surface area contributed by atoms with E-state index in [1.165, 1.54) is 13.1 Å². The molecule has 1 aromatic carbocycles. The van der Waals surface area contributed by atoms with E-state index in [1.54, 1.807) is 12.1 Å². The number of carbonyl (C=O) groups is 1. The fourth-order valence-corrected chi connectivity index (χ4v) is 2.27. The largest absolute Gasteiger partial charge is 0.356 e. The molecular formula is C16H15Cl2N5O. The van der Waals surface area contributed by atoms with E-state index in [1.807, 2.05) is 12.1 Å². The van der Waals surface area contributed by atoms with Gasteiger partial charge in [0.15, 0.2) is 5.15 Å². The van der Waals surface area contributed by atoms with Crippen molar-refractivity contribution in [3.63, 3.8) is 0 Å². The minimum absolute atomic E-state index is 0.0281. The molecule has 2 rings (SSSR count). The Kier molecular flexibility index (Phi) is 6.36. The Labute approximate surface area is 149 Å². The number of nitriles is 1. The van der Waals surface area contributed by atoms with E-state index in [9.17, 15) is 4.79 Å². The van der Waals surface area contributed by atoms with Crippen LogP contribution in [-0.4, -0.2) is 29.0 Å². The zero-order chi connectivity index (χ0) is 17.5. The molecule has 2 aromatic rings. The molecule has 1 atom stereocenters. The highest BCUT2D eigenvalue weighted by atomic mass is 35.5. The molecule has 0 saturated heterocycles. The first-order valence-electron chi connectivity index (χ1n) is 7.16. The van der Waals surface area contributed by atoms with E-state index in [0.29, 0.717) is 24.6 Å². The van der Waals surface area contributed by atoms with Gasteiger partial charge in [0.1, 0.15) is 0 Å². The molecule has 0 aliphatic heterocycles. The lowest BCUT2D eigenvalue weighted by Crippen LogP contribution is -2.29. The van der Waals surface area contributed by atoms with Gasteiger partial charge in [-0.25, -0.2) is 4.98 Å². The van der Waals surface area contributed by atoms with Crippen molar-refractivity contribution in [1.82, 2.24) is 15.3 Å². The second kappa shape index (κ2) is 8.48. The van der Waals surface area contributed by atoms with E-state index >= 15 is 0 Å². The van der Waals surface area contributed by atoms with Gasteiger partial charge in [-0.3, -0.25) is 4.79 Å². The number of nitrogens with one attached hydrogen (secondary N) is 2. The highest BCUT2D eigenvalue weighted by Gasteiger charge is 2.13. The molecule has 1 amide bonds. The average molecular weight is 364 g/mol. The normalized spacial score (nSPS) is 11.4.